The molecule has 5 heteroatoms. The van der Waals surface area contributed by atoms with Crippen molar-refractivity contribution in [2.24, 2.45) is 0 Å². The number of pyridine rings is 1. The lowest BCUT2D eigenvalue weighted by atomic mass is 10.2. The molecule has 1 saturated heterocycles. The van der Waals surface area contributed by atoms with E-state index in [1.54, 1.807) is 6.20 Å². The standard InChI is InChI=1S/C12H14N4O/c13-10-8-15-17-11(10)9-4-3-5-14-12(9)16-6-1-2-7-16/h3-5,8H,1-2,6-7,13H2. The normalized spacial score (nSPS) is 15.4. The molecule has 0 saturated carbocycles. The van der Waals surface area contributed by atoms with E-state index in [1.807, 2.05) is 12.1 Å². The van der Waals surface area contributed by atoms with Gasteiger partial charge in [-0.3, -0.25) is 0 Å². The van der Waals surface area contributed by atoms with Crippen molar-refractivity contribution in [3.05, 3.63) is 24.5 Å². The molecule has 1 aliphatic rings. The highest BCUT2D eigenvalue weighted by atomic mass is 16.5. The van der Waals surface area contributed by atoms with Gasteiger partial charge < -0.3 is 15.2 Å². The highest BCUT2D eigenvalue weighted by molar-refractivity contribution is 5.79. The fourth-order valence-electron chi connectivity index (χ4n) is 2.21. The van der Waals surface area contributed by atoms with E-state index in [2.05, 4.69) is 15.0 Å². The van der Waals surface area contributed by atoms with Crippen LogP contribution in [-0.2, 0) is 0 Å². The number of aromatic nitrogens is 2. The Morgan fingerprint density at radius 3 is 2.82 bits per heavy atom. The third-order valence-corrected chi connectivity index (χ3v) is 3.03. The van der Waals surface area contributed by atoms with Gasteiger partial charge in [0.2, 0.25) is 0 Å². The van der Waals surface area contributed by atoms with Gasteiger partial charge in [0, 0.05) is 19.3 Å². The molecule has 0 aromatic carbocycles. The Bertz CT molecular complexity index is 517. The fraction of sp³-hybridized carbons (Fsp3) is 0.333. The van der Waals surface area contributed by atoms with Crippen LogP contribution in [0.15, 0.2) is 29.0 Å². The summed E-state index contributed by atoms with van der Waals surface area (Å²) in [5.74, 6) is 1.55. The third-order valence-electron chi connectivity index (χ3n) is 3.03. The van der Waals surface area contributed by atoms with Gasteiger partial charge in [0.15, 0.2) is 5.76 Å². The number of rotatable bonds is 2. The lowest BCUT2D eigenvalue weighted by Crippen LogP contribution is -2.19. The van der Waals surface area contributed by atoms with Gasteiger partial charge in [-0.05, 0) is 25.0 Å². The van der Waals surface area contributed by atoms with Gasteiger partial charge in [0.05, 0.1) is 11.8 Å². The van der Waals surface area contributed by atoms with Gasteiger partial charge >= 0.3 is 0 Å². The minimum atomic E-state index is 0.554. The Balaban J connectivity index is 2.07. The molecule has 88 valence electrons. The minimum absolute atomic E-state index is 0.554. The van der Waals surface area contributed by atoms with E-state index in [4.69, 9.17) is 10.3 Å². The smallest absolute Gasteiger partial charge is 0.193 e. The highest BCUT2D eigenvalue weighted by Gasteiger charge is 2.20. The summed E-state index contributed by atoms with van der Waals surface area (Å²) in [6.07, 6.45) is 5.74. The molecule has 5 nitrogen and oxygen atoms in total. The molecular weight excluding hydrogens is 216 g/mol. The van der Waals surface area contributed by atoms with Crippen molar-refractivity contribution in [1.29, 1.82) is 0 Å². The lowest BCUT2D eigenvalue weighted by Gasteiger charge is -2.18. The van der Waals surface area contributed by atoms with Crippen molar-refractivity contribution in [3.8, 4) is 11.3 Å². The van der Waals surface area contributed by atoms with Crippen LogP contribution in [-0.4, -0.2) is 23.2 Å². The van der Waals surface area contributed by atoms with Crippen LogP contribution in [0.1, 0.15) is 12.8 Å². The second-order valence-electron chi connectivity index (χ2n) is 4.18. The monoisotopic (exact) mass is 230 g/mol. The third kappa shape index (κ3) is 1.73. The summed E-state index contributed by atoms with van der Waals surface area (Å²) in [6.45, 7) is 2.08. The number of nitrogen functional groups attached to an aromatic ring is 1. The molecular formula is C12H14N4O. The van der Waals surface area contributed by atoms with E-state index in [1.165, 1.54) is 19.0 Å². The SMILES string of the molecule is Nc1cnoc1-c1cccnc1N1CCCC1. The van der Waals surface area contributed by atoms with Crippen LogP contribution in [0, 0.1) is 0 Å². The van der Waals surface area contributed by atoms with Crippen LogP contribution in [0.5, 0.6) is 0 Å². The van der Waals surface area contributed by atoms with E-state index in [0.717, 1.165) is 24.5 Å². The molecule has 0 aliphatic carbocycles. The number of hydrogen-bond donors (Lipinski definition) is 1. The fourth-order valence-corrected chi connectivity index (χ4v) is 2.21. The van der Waals surface area contributed by atoms with Crippen LogP contribution in [0.3, 0.4) is 0 Å². The molecule has 0 amide bonds. The Hall–Kier alpha value is -2.04. The molecule has 0 spiro atoms. The van der Waals surface area contributed by atoms with E-state index >= 15 is 0 Å². The molecule has 1 fully saturated rings. The highest BCUT2D eigenvalue weighted by Crippen LogP contribution is 2.33. The van der Waals surface area contributed by atoms with Crippen LogP contribution < -0.4 is 10.6 Å². The summed E-state index contributed by atoms with van der Waals surface area (Å²) in [4.78, 5) is 6.70. The second kappa shape index (κ2) is 4.08. The summed E-state index contributed by atoms with van der Waals surface area (Å²) >= 11 is 0. The van der Waals surface area contributed by atoms with Crippen LogP contribution >= 0.6 is 0 Å². The van der Waals surface area contributed by atoms with Gasteiger partial charge in [-0.25, -0.2) is 4.98 Å². The van der Waals surface area contributed by atoms with E-state index in [0.29, 0.717) is 11.4 Å². The lowest BCUT2D eigenvalue weighted by molar-refractivity contribution is 0.432. The van der Waals surface area contributed by atoms with Gasteiger partial charge in [-0.2, -0.15) is 0 Å². The van der Waals surface area contributed by atoms with Crippen molar-refractivity contribution in [2.45, 2.75) is 12.8 Å². The second-order valence-corrected chi connectivity index (χ2v) is 4.18. The van der Waals surface area contributed by atoms with Crippen molar-refractivity contribution < 1.29 is 4.52 Å². The zero-order valence-corrected chi connectivity index (χ0v) is 9.47. The Morgan fingerprint density at radius 2 is 2.12 bits per heavy atom. The first-order valence-corrected chi connectivity index (χ1v) is 5.77. The zero-order chi connectivity index (χ0) is 11.7. The number of hydrogen-bond acceptors (Lipinski definition) is 5. The quantitative estimate of drug-likeness (QED) is 0.853. The summed E-state index contributed by atoms with van der Waals surface area (Å²) in [5.41, 5.74) is 7.31. The zero-order valence-electron chi connectivity index (χ0n) is 9.47. The molecule has 3 heterocycles. The predicted molar refractivity (Wildman–Crippen MR) is 65.6 cm³/mol. The van der Waals surface area contributed by atoms with Crippen LogP contribution in [0.4, 0.5) is 11.5 Å². The van der Waals surface area contributed by atoms with Crippen LogP contribution in [0.25, 0.3) is 11.3 Å². The van der Waals surface area contributed by atoms with Crippen molar-refractivity contribution in [3.63, 3.8) is 0 Å². The van der Waals surface area contributed by atoms with Gasteiger partial charge in [0.1, 0.15) is 11.5 Å². The summed E-state index contributed by atoms with van der Waals surface area (Å²) in [7, 11) is 0. The maximum atomic E-state index is 5.84. The van der Waals surface area contributed by atoms with Gasteiger partial charge in [0.25, 0.3) is 0 Å². The molecule has 0 bridgehead atoms. The van der Waals surface area contributed by atoms with Crippen molar-refractivity contribution in [2.75, 3.05) is 23.7 Å². The average Bonchev–Trinajstić information content (AvgIpc) is 3.00. The maximum absolute atomic E-state index is 5.84. The maximum Gasteiger partial charge on any atom is 0.193 e. The number of nitrogens with zero attached hydrogens (tertiary/aromatic N) is 3. The first-order chi connectivity index (χ1) is 8.36. The van der Waals surface area contributed by atoms with Gasteiger partial charge in [-0.15, -0.1) is 0 Å². The minimum Gasteiger partial charge on any atom is -0.394 e. The Morgan fingerprint density at radius 1 is 1.29 bits per heavy atom. The summed E-state index contributed by atoms with van der Waals surface area (Å²) < 4.78 is 5.21. The van der Waals surface area contributed by atoms with Crippen molar-refractivity contribution >= 4 is 11.5 Å². The number of anilines is 2. The summed E-state index contributed by atoms with van der Waals surface area (Å²) in [6, 6.07) is 3.86. The number of nitrogens with two attached hydrogens (primary N) is 1. The van der Waals surface area contributed by atoms with E-state index < -0.39 is 0 Å². The molecule has 2 N–H and O–H groups in total. The first-order valence-electron chi connectivity index (χ1n) is 5.77. The Kier molecular flexibility index (Phi) is 2.44. The first kappa shape index (κ1) is 10.1. The molecule has 17 heavy (non-hydrogen) atoms. The Labute approximate surface area is 99.2 Å². The molecule has 1 aliphatic heterocycles. The molecule has 3 rings (SSSR count). The molecule has 0 radical (unpaired) electrons. The predicted octanol–water partition coefficient (Wildman–Crippen LogP) is 1.92. The van der Waals surface area contributed by atoms with Gasteiger partial charge in [-0.1, -0.05) is 5.16 Å². The van der Waals surface area contributed by atoms with E-state index in [9.17, 15) is 0 Å². The molecule has 0 atom stereocenters. The topological polar surface area (TPSA) is 68.2 Å². The molecule has 2 aromatic rings. The van der Waals surface area contributed by atoms with Crippen molar-refractivity contribution in [1.82, 2.24) is 10.1 Å². The van der Waals surface area contributed by atoms with Crippen LogP contribution in [0.2, 0.25) is 0 Å². The average molecular weight is 230 g/mol. The summed E-state index contributed by atoms with van der Waals surface area (Å²) in [5, 5.41) is 3.72. The largest absolute Gasteiger partial charge is 0.394 e. The van der Waals surface area contributed by atoms with E-state index in [-0.39, 0.29) is 0 Å². The molecule has 0 unspecified atom stereocenters. The molecule has 2 aromatic heterocycles.